The lowest BCUT2D eigenvalue weighted by atomic mass is 9.99. The Morgan fingerprint density at radius 3 is 2.53 bits per heavy atom. The van der Waals surface area contributed by atoms with Gasteiger partial charge in [-0.3, -0.25) is 0 Å². The van der Waals surface area contributed by atoms with Crippen LogP contribution in [-0.4, -0.2) is 18.8 Å². The van der Waals surface area contributed by atoms with Crippen molar-refractivity contribution >= 4 is 11.6 Å². The van der Waals surface area contributed by atoms with Crippen LogP contribution in [-0.2, 0) is 6.42 Å². The summed E-state index contributed by atoms with van der Waals surface area (Å²) in [6, 6.07) is 3.84. The Labute approximate surface area is 95.8 Å². The topological polar surface area (TPSA) is 29.5 Å². The van der Waals surface area contributed by atoms with Gasteiger partial charge in [-0.25, -0.2) is 0 Å². The van der Waals surface area contributed by atoms with Crippen molar-refractivity contribution in [2.75, 3.05) is 13.7 Å². The second kappa shape index (κ2) is 5.38. The van der Waals surface area contributed by atoms with Gasteiger partial charge in [0.25, 0.3) is 0 Å². The van der Waals surface area contributed by atoms with E-state index in [2.05, 4.69) is 13.8 Å². The number of aliphatic hydroxyl groups is 1. The van der Waals surface area contributed by atoms with Gasteiger partial charge in [0.1, 0.15) is 5.75 Å². The summed E-state index contributed by atoms with van der Waals surface area (Å²) in [7, 11) is 1.63. The Kier molecular flexibility index (Phi) is 4.43. The van der Waals surface area contributed by atoms with Gasteiger partial charge in [-0.2, -0.15) is 0 Å². The van der Waals surface area contributed by atoms with Gasteiger partial charge in [0.15, 0.2) is 0 Å². The van der Waals surface area contributed by atoms with Gasteiger partial charge in [-0.15, -0.1) is 0 Å². The molecular formula is C12H17ClO2. The van der Waals surface area contributed by atoms with Crippen molar-refractivity contribution < 1.29 is 9.84 Å². The number of ether oxygens (including phenoxy) is 1. The van der Waals surface area contributed by atoms with E-state index in [1.54, 1.807) is 7.11 Å². The Morgan fingerprint density at radius 1 is 1.40 bits per heavy atom. The molecule has 0 fully saturated rings. The number of aliphatic hydroxyl groups excluding tert-OH is 1. The van der Waals surface area contributed by atoms with Crippen LogP contribution >= 0.6 is 11.6 Å². The first-order valence-electron chi connectivity index (χ1n) is 5.07. The SMILES string of the molecule is COc1cc(C(C)C)c(Cl)cc1CCO. The summed E-state index contributed by atoms with van der Waals surface area (Å²) in [5, 5.41) is 9.66. The van der Waals surface area contributed by atoms with Crippen LogP contribution in [0.2, 0.25) is 5.02 Å². The Morgan fingerprint density at radius 2 is 2.07 bits per heavy atom. The minimum atomic E-state index is 0.105. The van der Waals surface area contributed by atoms with Crippen molar-refractivity contribution in [1.29, 1.82) is 0 Å². The molecule has 15 heavy (non-hydrogen) atoms. The lowest BCUT2D eigenvalue weighted by Gasteiger charge is -2.14. The van der Waals surface area contributed by atoms with E-state index in [0.29, 0.717) is 12.3 Å². The maximum atomic E-state index is 8.91. The molecule has 0 aliphatic heterocycles. The van der Waals surface area contributed by atoms with E-state index >= 15 is 0 Å². The van der Waals surface area contributed by atoms with Crippen molar-refractivity contribution in [3.63, 3.8) is 0 Å². The maximum absolute atomic E-state index is 8.91. The molecule has 3 heteroatoms. The molecule has 0 aliphatic rings. The zero-order valence-corrected chi connectivity index (χ0v) is 10.1. The van der Waals surface area contributed by atoms with Crippen LogP contribution in [0.25, 0.3) is 0 Å². The first-order chi connectivity index (χ1) is 7.10. The van der Waals surface area contributed by atoms with E-state index in [0.717, 1.165) is 21.9 Å². The van der Waals surface area contributed by atoms with Crippen molar-refractivity contribution in [1.82, 2.24) is 0 Å². The summed E-state index contributed by atoms with van der Waals surface area (Å²) in [5.41, 5.74) is 2.03. The number of rotatable bonds is 4. The van der Waals surface area contributed by atoms with E-state index in [-0.39, 0.29) is 6.61 Å². The fourth-order valence-electron chi connectivity index (χ4n) is 1.56. The van der Waals surface area contributed by atoms with Crippen molar-refractivity contribution in [2.24, 2.45) is 0 Å². The molecule has 0 bridgehead atoms. The molecule has 0 heterocycles. The third kappa shape index (κ3) is 2.86. The highest BCUT2D eigenvalue weighted by atomic mass is 35.5. The molecule has 0 atom stereocenters. The highest BCUT2D eigenvalue weighted by Crippen LogP contribution is 2.31. The van der Waals surface area contributed by atoms with Gasteiger partial charge >= 0.3 is 0 Å². The average molecular weight is 229 g/mol. The predicted molar refractivity (Wildman–Crippen MR) is 62.9 cm³/mol. The largest absolute Gasteiger partial charge is 0.496 e. The first kappa shape index (κ1) is 12.3. The summed E-state index contributed by atoms with van der Waals surface area (Å²) >= 11 is 6.15. The molecular weight excluding hydrogens is 212 g/mol. The van der Waals surface area contributed by atoms with Crippen molar-refractivity contribution in [3.8, 4) is 5.75 Å². The van der Waals surface area contributed by atoms with E-state index in [9.17, 15) is 0 Å². The van der Waals surface area contributed by atoms with E-state index < -0.39 is 0 Å². The van der Waals surface area contributed by atoms with Gasteiger partial charge in [0.05, 0.1) is 7.11 Å². The molecule has 0 saturated carbocycles. The minimum Gasteiger partial charge on any atom is -0.496 e. The lowest BCUT2D eigenvalue weighted by molar-refractivity contribution is 0.296. The number of benzene rings is 1. The van der Waals surface area contributed by atoms with Gasteiger partial charge in [-0.1, -0.05) is 25.4 Å². The summed E-state index contributed by atoms with van der Waals surface area (Å²) in [5.74, 6) is 1.17. The van der Waals surface area contributed by atoms with Gasteiger partial charge in [-0.05, 0) is 35.6 Å². The molecule has 0 spiro atoms. The highest BCUT2D eigenvalue weighted by molar-refractivity contribution is 6.31. The number of halogens is 1. The van der Waals surface area contributed by atoms with Crippen molar-refractivity contribution in [3.05, 3.63) is 28.3 Å². The fourth-order valence-corrected chi connectivity index (χ4v) is 1.96. The summed E-state index contributed by atoms with van der Waals surface area (Å²) in [6.45, 7) is 4.28. The third-order valence-electron chi connectivity index (χ3n) is 2.40. The molecule has 0 unspecified atom stereocenters. The van der Waals surface area contributed by atoms with Crippen LogP contribution in [0.15, 0.2) is 12.1 Å². The quantitative estimate of drug-likeness (QED) is 0.859. The van der Waals surface area contributed by atoms with Crippen LogP contribution in [0.3, 0.4) is 0 Å². The molecule has 1 aromatic rings. The zero-order valence-electron chi connectivity index (χ0n) is 9.38. The monoisotopic (exact) mass is 228 g/mol. The second-order valence-electron chi connectivity index (χ2n) is 3.81. The number of hydrogen-bond donors (Lipinski definition) is 1. The Bertz CT molecular complexity index is 335. The predicted octanol–water partition coefficient (Wildman–Crippen LogP) is 3.01. The summed E-state index contributed by atoms with van der Waals surface area (Å²) < 4.78 is 5.27. The van der Waals surface area contributed by atoms with E-state index in [1.165, 1.54) is 0 Å². The number of hydrogen-bond acceptors (Lipinski definition) is 2. The standard InChI is InChI=1S/C12H17ClO2/c1-8(2)10-7-12(15-3)9(4-5-14)6-11(10)13/h6-8,14H,4-5H2,1-3H3. The normalized spacial score (nSPS) is 10.8. The molecule has 0 radical (unpaired) electrons. The fraction of sp³-hybridized carbons (Fsp3) is 0.500. The van der Waals surface area contributed by atoms with E-state index in [4.69, 9.17) is 21.4 Å². The maximum Gasteiger partial charge on any atom is 0.122 e. The molecule has 84 valence electrons. The lowest BCUT2D eigenvalue weighted by Crippen LogP contribution is -1.99. The molecule has 0 amide bonds. The first-order valence-corrected chi connectivity index (χ1v) is 5.45. The zero-order chi connectivity index (χ0) is 11.4. The average Bonchev–Trinajstić information content (AvgIpc) is 2.18. The molecule has 2 nitrogen and oxygen atoms in total. The van der Waals surface area contributed by atoms with Crippen LogP contribution in [0, 0.1) is 0 Å². The Hall–Kier alpha value is -0.730. The van der Waals surface area contributed by atoms with Gasteiger partial charge in [0, 0.05) is 11.6 Å². The van der Waals surface area contributed by atoms with Crippen LogP contribution in [0.4, 0.5) is 0 Å². The van der Waals surface area contributed by atoms with E-state index in [1.807, 2.05) is 12.1 Å². The molecule has 1 aromatic carbocycles. The van der Waals surface area contributed by atoms with Crippen molar-refractivity contribution in [2.45, 2.75) is 26.2 Å². The van der Waals surface area contributed by atoms with Gasteiger partial charge < -0.3 is 9.84 Å². The van der Waals surface area contributed by atoms with Crippen LogP contribution in [0.5, 0.6) is 5.75 Å². The summed E-state index contributed by atoms with van der Waals surface area (Å²) in [6.07, 6.45) is 0.571. The smallest absolute Gasteiger partial charge is 0.122 e. The molecule has 0 saturated heterocycles. The molecule has 0 aromatic heterocycles. The highest BCUT2D eigenvalue weighted by Gasteiger charge is 2.11. The number of methoxy groups -OCH3 is 1. The van der Waals surface area contributed by atoms with Gasteiger partial charge in [0.2, 0.25) is 0 Å². The third-order valence-corrected chi connectivity index (χ3v) is 2.73. The molecule has 1 rings (SSSR count). The second-order valence-corrected chi connectivity index (χ2v) is 4.22. The molecule has 1 N–H and O–H groups in total. The Balaban J connectivity index is 3.16. The summed E-state index contributed by atoms with van der Waals surface area (Å²) in [4.78, 5) is 0. The van der Waals surface area contributed by atoms with Crippen LogP contribution in [0.1, 0.15) is 30.9 Å². The van der Waals surface area contributed by atoms with Crippen LogP contribution < -0.4 is 4.74 Å². The minimum absolute atomic E-state index is 0.105. The molecule has 0 aliphatic carbocycles.